The molecule has 0 unspecified atom stereocenters. The highest BCUT2D eigenvalue weighted by molar-refractivity contribution is 7.90. The van der Waals surface area contributed by atoms with E-state index < -0.39 is 27.4 Å². The normalized spacial score (nSPS) is 12.3. The molecule has 0 radical (unpaired) electrons. The zero-order valence-corrected chi connectivity index (χ0v) is 16.5. The van der Waals surface area contributed by atoms with Crippen LogP contribution >= 0.6 is 0 Å². The number of halogens is 3. The molecule has 0 spiro atoms. The van der Waals surface area contributed by atoms with Crippen LogP contribution in [0.1, 0.15) is 5.69 Å². The molecule has 0 aliphatic rings. The summed E-state index contributed by atoms with van der Waals surface area (Å²) < 4.78 is 66.1. The molecule has 0 saturated carbocycles. The van der Waals surface area contributed by atoms with E-state index in [1.807, 2.05) is 0 Å². The average molecular weight is 428 g/mol. The number of fused-ring (bicyclic) bond motifs is 1. The lowest BCUT2D eigenvalue weighted by molar-refractivity contribution is -0.140. The van der Waals surface area contributed by atoms with Crippen molar-refractivity contribution >= 4 is 20.9 Å². The minimum atomic E-state index is -4.75. The third-order valence-electron chi connectivity index (χ3n) is 4.58. The van der Waals surface area contributed by atoms with Crippen LogP contribution in [0, 0.1) is 0 Å². The first kappa shape index (κ1) is 20.0. The number of aromatic nitrogens is 2. The van der Waals surface area contributed by atoms with Gasteiger partial charge in [-0.05, 0) is 23.8 Å². The van der Waals surface area contributed by atoms with Gasteiger partial charge < -0.3 is 0 Å². The molecule has 0 aliphatic heterocycles. The number of hydrogen-bond acceptors (Lipinski definition) is 4. The molecule has 0 saturated heterocycles. The van der Waals surface area contributed by atoms with Gasteiger partial charge in [0, 0.05) is 17.4 Å². The van der Waals surface area contributed by atoms with Gasteiger partial charge in [0.15, 0.2) is 15.5 Å². The summed E-state index contributed by atoms with van der Waals surface area (Å²) in [4.78, 5) is 7.84. The van der Waals surface area contributed by atoms with Crippen molar-refractivity contribution < 1.29 is 21.6 Å². The van der Waals surface area contributed by atoms with E-state index in [1.54, 1.807) is 48.5 Å². The second-order valence-electron chi connectivity index (χ2n) is 6.76. The van der Waals surface area contributed by atoms with Crippen LogP contribution in [0.5, 0.6) is 0 Å². The van der Waals surface area contributed by atoms with Crippen molar-refractivity contribution in [3.8, 4) is 22.4 Å². The fourth-order valence-electron chi connectivity index (χ4n) is 3.23. The number of hydrogen-bond donors (Lipinski definition) is 0. The van der Waals surface area contributed by atoms with Gasteiger partial charge in [0.2, 0.25) is 0 Å². The third kappa shape index (κ3) is 3.78. The van der Waals surface area contributed by atoms with Crippen LogP contribution in [0.4, 0.5) is 13.2 Å². The van der Waals surface area contributed by atoms with Crippen LogP contribution in [0.2, 0.25) is 0 Å². The Bertz CT molecular complexity index is 1350. The lowest BCUT2D eigenvalue weighted by Gasteiger charge is -2.15. The molecule has 0 fully saturated rings. The van der Waals surface area contributed by atoms with Crippen molar-refractivity contribution in [2.24, 2.45) is 0 Å². The topological polar surface area (TPSA) is 59.9 Å². The van der Waals surface area contributed by atoms with Crippen LogP contribution in [-0.4, -0.2) is 24.6 Å². The van der Waals surface area contributed by atoms with Crippen molar-refractivity contribution in [3.05, 3.63) is 78.5 Å². The van der Waals surface area contributed by atoms with E-state index >= 15 is 0 Å². The molecule has 8 heteroatoms. The monoisotopic (exact) mass is 428 g/mol. The first-order valence-corrected chi connectivity index (χ1v) is 10.8. The molecule has 30 heavy (non-hydrogen) atoms. The maximum absolute atomic E-state index is 13.7. The Balaban J connectivity index is 2.01. The molecule has 0 bridgehead atoms. The average Bonchev–Trinajstić information content (AvgIpc) is 2.72. The first-order valence-electron chi connectivity index (χ1n) is 8.88. The van der Waals surface area contributed by atoms with Gasteiger partial charge in [-0.25, -0.2) is 18.4 Å². The summed E-state index contributed by atoms with van der Waals surface area (Å²) in [5.41, 5.74) is -0.0971. The van der Waals surface area contributed by atoms with E-state index in [0.29, 0.717) is 11.1 Å². The van der Waals surface area contributed by atoms with Gasteiger partial charge in [-0.3, -0.25) is 0 Å². The molecule has 3 aromatic carbocycles. The van der Waals surface area contributed by atoms with Crippen LogP contribution in [0.25, 0.3) is 33.4 Å². The van der Waals surface area contributed by atoms with Gasteiger partial charge in [-0.15, -0.1) is 0 Å². The number of benzene rings is 3. The highest BCUT2D eigenvalue weighted by atomic mass is 32.2. The van der Waals surface area contributed by atoms with Crippen molar-refractivity contribution in [3.63, 3.8) is 0 Å². The van der Waals surface area contributed by atoms with Crippen molar-refractivity contribution in [1.82, 2.24) is 9.97 Å². The van der Waals surface area contributed by atoms with Gasteiger partial charge in [0.1, 0.15) is 5.69 Å². The third-order valence-corrected chi connectivity index (χ3v) is 5.72. The molecule has 0 aliphatic carbocycles. The van der Waals surface area contributed by atoms with E-state index in [0.717, 1.165) is 6.26 Å². The molecule has 4 rings (SSSR count). The molecule has 1 heterocycles. The summed E-state index contributed by atoms with van der Waals surface area (Å²) in [5.74, 6) is 0. The molecular formula is C22H15F3N2O2S. The van der Waals surface area contributed by atoms with Gasteiger partial charge >= 0.3 is 6.18 Å². The summed E-state index contributed by atoms with van der Waals surface area (Å²) in [5, 5.41) is 0. The summed E-state index contributed by atoms with van der Waals surface area (Å²) in [6.07, 6.45) is -3.73. The van der Waals surface area contributed by atoms with E-state index in [2.05, 4.69) is 9.97 Å². The van der Waals surface area contributed by atoms with Gasteiger partial charge in [-0.2, -0.15) is 13.2 Å². The van der Waals surface area contributed by atoms with E-state index in [1.165, 1.54) is 24.3 Å². The van der Waals surface area contributed by atoms with Gasteiger partial charge in [-0.1, -0.05) is 54.6 Å². The fraction of sp³-hybridized carbons (Fsp3) is 0.0909. The van der Waals surface area contributed by atoms with Crippen LogP contribution in [-0.2, 0) is 16.0 Å². The molecule has 4 aromatic rings. The highest BCUT2D eigenvalue weighted by Gasteiger charge is 2.37. The molecule has 1 aromatic heterocycles. The fourth-order valence-corrected chi connectivity index (χ4v) is 4.16. The summed E-state index contributed by atoms with van der Waals surface area (Å²) >= 11 is 0. The maximum atomic E-state index is 13.7. The number of alkyl halides is 3. The van der Waals surface area contributed by atoms with E-state index in [4.69, 9.17) is 0 Å². The van der Waals surface area contributed by atoms with Gasteiger partial charge in [0.25, 0.3) is 0 Å². The Morgan fingerprint density at radius 1 is 0.767 bits per heavy atom. The Morgan fingerprint density at radius 2 is 1.37 bits per heavy atom. The summed E-state index contributed by atoms with van der Waals surface area (Å²) in [6, 6.07) is 19.2. The molecule has 4 nitrogen and oxygen atoms in total. The number of sulfone groups is 1. The quantitative estimate of drug-likeness (QED) is 0.439. The standard InChI is InChI=1S/C22H15F3N2O2S/c1-30(28,29)19-13-15(11-12-16(19)14-7-3-2-4-8-14)20-21(22(23,24)25)27-18-10-6-5-9-17(18)26-20/h2-13H,1H3. The minimum Gasteiger partial charge on any atom is -0.244 e. The Hall–Kier alpha value is -3.26. The number of nitrogens with zero attached hydrogens (tertiary/aromatic N) is 2. The van der Waals surface area contributed by atoms with Crippen LogP contribution in [0.15, 0.2) is 77.7 Å². The molecule has 152 valence electrons. The van der Waals surface area contributed by atoms with Gasteiger partial charge in [0.05, 0.1) is 15.9 Å². The summed E-state index contributed by atoms with van der Waals surface area (Å²) in [6.45, 7) is 0. The molecule has 0 amide bonds. The Labute approximate surface area is 171 Å². The van der Waals surface area contributed by atoms with Crippen LogP contribution < -0.4 is 0 Å². The minimum absolute atomic E-state index is 0.0284. The smallest absolute Gasteiger partial charge is 0.244 e. The number of para-hydroxylation sites is 2. The van der Waals surface area contributed by atoms with Crippen LogP contribution in [0.3, 0.4) is 0 Å². The maximum Gasteiger partial charge on any atom is 0.435 e. The Kier molecular flexibility index (Phi) is 4.82. The highest BCUT2D eigenvalue weighted by Crippen LogP contribution is 2.38. The second-order valence-corrected chi connectivity index (χ2v) is 8.74. The zero-order chi connectivity index (χ0) is 21.5. The second kappa shape index (κ2) is 7.21. The zero-order valence-electron chi connectivity index (χ0n) is 15.7. The predicted octanol–water partition coefficient (Wildman–Crippen LogP) is 5.39. The first-order chi connectivity index (χ1) is 14.1. The predicted molar refractivity (Wildman–Crippen MR) is 109 cm³/mol. The SMILES string of the molecule is CS(=O)(=O)c1cc(-c2nc3ccccc3nc2C(F)(F)F)ccc1-c1ccccc1. The van der Waals surface area contributed by atoms with E-state index in [-0.39, 0.29) is 21.5 Å². The van der Waals surface area contributed by atoms with Crippen molar-refractivity contribution in [2.75, 3.05) is 6.26 Å². The molecule has 0 N–H and O–H groups in total. The lowest BCUT2D eigenvalue weighted by Crippen LogP contribution is -2.12. The largest absolute Gasteiger partial charge is 0.435 e. The number of rotatable bonds is 3. The lowest BCUT2D eigenvalue weighted by atomic mass is 10.0. The Morgan fingerprint density at radius 3 is 1.97 bits per heavy atom. The van der Waals surface area contributed by atoms with E-state index in [9.17, 15) is 21.6 Å². The van der Waals surface area contributed by atoms with Crippen molar-refractivity contribution in [1.29, 1.82) is 0 Å². The molecule has 0 atom stereocenters. The molecular weight excluding hydrogens is 413 g/mol. The summed E-state index contributed by atoms with van der Waals surface area (Å²) in [7, 11) is -3.73. The van der Waals surface area contributed by atoms with Crippen molar-refractivity contribution in [2.45, 2.75) is 11.1 Å².